The van der Waals surface area contributed by atoms with E-state index in [-0.39, 0.29) is 0 Å². The molecule has 0 unspecified atom stereocenters. The zero-order valence-corrected chi connectivity index (χ0v) is 14.5. The van der Waals surface area contributed by atoms with Crippen molar-refractivity contribution in [1.29, 1.82) is 0 Å². The standard InChI is InChI=1S/C18H29N3O2/c1-14-17(15(2)23-19-14)13-20-9-11-21(12-10-20)18(22)8-7-16-5-3-4-6-16/h16H,3-13H2,1-2H3. The van der Waals surface area contributed by atoms with Crippen LogP contribution in [0.3, 0.4) is 0 Å². The van der Waals surface area contributed by atoms with Crippen LogP contribution in [0.15, 0.2) is 4.52 Å². The minimum Gasteiger partial charge on any atom is -0.361 e. The molecule has 0 aromatic carbocycles. The summed E-state index contributed by atoms with van der Waals surface area (Å²) in [6.45, 7) is 8.44. The molecular weight excluding hydrogens is 290 g/mol. The lowest BCUT2D eigenvalue weighted by Crippen LogP contribution is -2.48. The van der Waals surface area contributed by atoms with E-state index in [0.29, 0.717) is 5.91 Å². The predicted octanol–water partition coefficient (Wildman–Crippen LogP) is 2.91. The molecule has 23 heavy (non-hydrogen) atoms. The number of hydrogen-bond acceptors (Lipinski definition) is 4. The Balaban J connectivity index is 1.42. The quantitative estimate of drug-likeness (QED) is 0.837. The maximum Gasteiger partial charge on any atom is 0.222 e. The summed E-state index contributed by atoms with van der Waals surface area (Å²) in [5.74, 6) is 2.08. The van der Waals surface area contributed by atoms with Crippen LogP contribution < -0.4 is 0 Å². The largest absolute Gasteiger partial charge is 0.361 e. The Morgan fingerprint density at radius 2 is 1.87 bits per heavy atom. The summed E-state index contributed by atoms with van der Waals surface area (Å²) in [6, 6.07) is 0. The van der Waals surface area contributed by atoms with Gasteiger partial charge in [0.2, 0.25) is 5.91 Å². The molecule has 2 aliphatic rings. The van der Waals surface area contributed by atoms with Gasteiger partial charge in [-0.15, -0.1) is 0 Å². The Morgan fingerprint density at radius 3 is 2.48 bits per heavy atom. The maximum absolute atomic E-state index is 12.4. The molecule has 5 heteroatoms. The van der Waals surface area contributed by atoms with Gasteiger partial charge in [0.25, 0.3) is 0 Å². The fourth-order valence-corrected chi connectivity index (χ4v) is 3.89. The first-order chi connectivity index (χ1) is 11.1. The Bertz CT molecular complexity index is 507. The summed E-state index contributed by atoms with van der Waals surface area (Å²) < 4.78 is 5.24. The number of carbonyl (C=O) groups is 1. The van der Waals surface area contributed by atoms with Crippen LogP contribution in [0.4, 0.5) is 0 Å². The average molecular weight is 319 g/mol. The second kappa shape index (κ2) is 7.47. The van der Waals surface area contributed by atoms with Crippen molar-refractivity contribution in [2.24, 2.45) is 5.92 Å². The van der Waals surface area contributed by atoms with Crippen molar-refractivity contribution in [3.05, 3.63) is 17.0 Å². The number of carbonyl (C=O) groups excluding carboxylic acids is 1. The summed E-state index contributed by atoms with van der Waals surface area (Å²) in [6.07, 6.45) is 7.22. The van der Waals surface area contributed by atoms with E-state index in [1.807, 2.05) is 13.8 Å². The lowest BCUT2D eigenvalue weighted by molar-refractivity contribution is -0.133. The highest BCUT2D eigenvalue weighted by molar-refractivity contribution is 5.76. The molecule has 1 aromatic heterocycles. The molecule has 1 amide bonds. The number of aromatic nitrogens is 1. The number of rotatable bonds is 5. The van der Waals surface area contributed by atoms with Crippen molar-refractivity contribution in [3.8, 4) is 0 Å². The summed E-state index contributed by atoms with van der Waals surface area (Å²) in [5.41, 5.74) is 2.18. The molecule has 0 radical (unpaired) electrons. The lowest BCUT2D eigenvalue weighted by Gasteiger charge is -2.35. The second-order valence-corrected chi connectivity index (χ2v) is 7.15. The molecule has 0 atom stereocenters. The molecule has 1 saturated carbocycles. The van der Waals surface area contributed by atoms with Gasteiger partial charge in [0.05, 0.1) is 5.69 Å². The van der Waals surface area contributed by atoms with Crippen LogP contribution in [-0.4, -0.2) is 47.0 Å². The van der Waals surface area contributed by atoms with Crippen LogP contribution in [0.1, 0.15) is 55.5 Å². The molecule has 0 N–H and O–H groups in total. The fraction of sp³-hybridized carbons (Fsp3) is 0.778. The first kappa shape index (κ1) is 16.5. The zero-order chi connectivity index (χ0) is 16.2. The minimum atomic E-state index is 0.355. The van der Waals surface area contributed by atoms with Crippen LogP contribution in [0.2, 0.25) is 0 Å². The predicted molar refractivity (Wildman–Crippen MR) is 89.0 cm³/mol. The molecule has 1 saturated heterocycles. The molecule has 1 aliphatic heterocycles. The van der Waals surface area contributed by atoms with Crippen molar-refractivity contribution >= 4 is 5.91 Å². The van der Waals surface area contributed by atoms with Gasteiger partial charge in [-0.3, -0.25) is 9.69 Å². The van der Waals surface area contributed by atoms with Crippen molar-refractivity contribution < 1.29 is 9.32 Å². The number of amides is 1. The number of hydrogen-bond donors (Lipinski definition) is 0. The summed E-state index contributed by atoms with van der Waals surface area (Å²) in [7, 11) is 0. The highest BCUT2D eigenvalue weighted by Gasteiger charge is 2.24. The van der Waals surface area contributed by atoms with Gasteiger partial charge in [0.15, 0.2) is 0 Å². The first-order valence-corrected chi connectivity index (χ1v) is 9.05. The van der Waals surface area contributed by atoms with Gasteiger partial charge in [-0.1, -0.05) is 30.8 Å². The van der Waals surface area contributed by atoms with Gasteiger partial charge < -0.3 is 9.42 Å². The van der Waals surface area contributed by atoms with E-state index in [9.17, 15) is 4.79 Å². The van der Waals surface area contributed by atoms with Crippen molar-refractivity contribution in [2.45, 2.75) is 58.9 Å². The fourth-order valence-electron chi connectivity index (χ4n) is 3.89. The van der Waals surface area contributed by atoms with Gasteiger partial charge in [0, 0.05) is 44.7 Å². The number of piperazine rings is 1. The van der Waals surface area contributed by atoms with Crippen LogP contribution in [0.5, 0.6) is 0 Å². The molecule has 2 heterocycles. The van der Waals surface area contributed by atoms with E-state index < -0.39 is 0 Å². The summed E-state index contributed by atoms with van der Waals surface area (Å²) in [5, 5.41) is 4.02. The molecule has 3 rings (SSSR count). The molecule has 2 fully saturated rings. The topological polar surface area (TPSA) is 49.6 Å². The smallest absolute Gasteiger partial charge is 0.222 e. The summed E-state index contributed by atoms with van der Waals surface area (Å²) >= 11 is 0. The van der Waals surface area contributed by atoms with E-state index in [2.05, 4.69) is 15.0 Å². The third-order valence-electron chi connectivity index (χ3n) is 5.53. The Morgan fingerprint density at radius 1 is 1.17 bits per heavy atom. The van der Waals surface area contributed by atoms with E-state index in [1.165, 1.54) is 31.2 Å². The van der Waals surface area contributed by atoms with Crippen molar-refractivity contribution in [2.75, 3.05) is 26.2 Å². The highest BCUT2D eigenvalue weighted by Crippen LogP contribution is 2.28. The molecule has 1 aliphatic carbocycles. The molecule has 128 valence electrons. The van der Waals surface area contributed by atoms with E-state index in [0.717, 1.165) is 62.9 Å². The van der Waals surface area contributed by atoms with E-state index in [1.54, 1.807) is 0 Å². The zero-order valence-electron chi connectivity index (χ0n) is 14.5. The SMILES string of the molecule is Cc1noc(C)c1CN1CCN(C(=O)CCC2CCCC2)CC1. The lowest BCUT2D eigenvalue weighted by atomic mass is 10.0. The Labute approximate surface area is 139 Å². The van der Waals surface area contributed by atoms with Gasteiger partial charge in [-0.2, -0.15) is 0 Å². The van der Waals surface area contributed by atoms with Gasteiger partial charge in [0.1, 0.15) is 5.76 Å². The maximum atomic E-state index is 12.4. The molecule has 5 nitrogen and oxygen atoms in total. The molecule has 1 aromatic rings. The van der Waals surface area contributed by atoms with E-state index >= 15 is 0 Å². The molecular formula is C18H29N3O2. The minimum absolute atomic E-state index is 0.355. The van der Waals surface area contributed by atoms with Crippen molar-refractivity contribution in [1.82, 2.24) is 15.0 Å². The third-order valence-corrected chi connectivity index (χ3v) is 5.53. The van der Waals surface area contributed by atoms with Crippen LogP contribution >= 0.6 is 0 Å². The monoisotopic (exact) mass is 319 g/mol. The normalized spacial score (nSPS) is 20.3. The van der Waals surface area contributed by atoms with Crippen LogP contribution in [-0.2, 0) is 11.3 Å². The van der Waals surface area contributed by atoms with Crippen molar-refractivity contribution in [3.63, 3.8) is 0 Å². The Kier molecular flexibility index (Phi) is 5.36. The number of nitrogens with zero attached hydrogens (tertiary/aromatic N) is 3. The molecule has 0 spiro atoms. The van der Waals surface area contributed by atoms with Gasteiger partial charge in [-0.25, -0.2) is 0 Å². The average Bonchev–Trinajstić information content (AvgIpc) is 3.18. The second-order valence-electron chi connectivity index (χ2n) is 7.15. The third kappa shape index (κ3) is 4.14. The molecule has 0 bridgehead atoms. The van der Waals surface area contributed by atoms with E-state index in [4.69, 9.17) is 4.52 Å². The van der Waals surface area contributed by atoms with Gasteiger partial charge >= 0.3 is 0 Å². The van der Waals surface area contributed by atoms with Crippen LogP contribution in [0, 0.1) is 19.8 Å². The van der Waals surface area contributed by atoms with Gasteiger partial charge in [-0.05, 0) is 26.2 Å². The number of aryl methyl sites for hydroxylation is 2. The highest BCUT2D eigenvalue weighted by atomic mass is 16.5. The Hall–Kier alpha value is -1.36. The first-order valence-electron chi connectivity index (χ1n) is 9.05. The van der Waals surface area contributed by atoms with Crippen LogP contribution in [0.25, 0.3) is 0 Å². The summed E-state index contributed by atoms with van der Waals surface area (Å²) in [4.78, 5) is 16.8.